The zero-order valence-corrected chi connectivity index (χ0v) is 12.2. The molecule has 2 aromatic rings. The van der Waals surface area contributed by atoms with Gasteiger partial charge in [0.2, 0.25) is 0 Å². The number of aromatic nitrogens is 2. The highest BCUT2D eigenvalue weighted by atomic mass is 79.9. The summed E-state index contributed by atoms with van der Waals surface area (Å²) in [5.74, 6) is -0.912. The van der Waals surface area contributed by atoms with Gasteiger partial charge in [0.05, 0.1) is 18.4 Å². The van der Waals surface area contributed by atoms with Crippen LogP contribution in [-0.2, 0) is 13.0 Å². The predicted molar refractivity (Wildman–Crippen MR) is 76.4 cm³/mol. The number of hydrogen-bond donors (Lipinski definition) is 1. The third kappa shape index (κ3) is 3.23. The van der Waals surface area contributed by atoms with Gasteiger partial charge in [0, 0.05) is 4.47 Å². The van der Waals surface area contributed by atoms with Crippen LogP contribution in [0.25, 0.3) is 0 Å². The van der Waals surface area contributed by atoms with Gasteiger partial charge in [0.25, 0.3) is 0 Å². The summed E-state index contributed by atoms with van der Waals surface area (Å²) in [5, 5.41) is 13.3. The highest BCUT2D eigenvalue weighted by Crippen LogP contribution is 2.15. The lowest BCUT2D eigenvalue weighted by molar-refractivity contribution is 0.0695. The highest BCUT2D eigenvalue weighted by Gasteiger charge is 2.15. The normalized spacial score (nSPS) is 10.6. The second-order valence-electron chi connectivity index (χ2n) is 4.34. The zero-order chi connectivity index (χ0) is 13.8. The van der Waals surface area contributed by atoms with Gasteiger partial charge in [-0.15, -0.1) is 0 Å². The van der Waals surface area contributed by atoms with E-state index in [1.807, 2.05) is 31.2 Å². The van der Waals surface area contributed by atoms with Crippen molar-refractivity contribution in [2.75, 3.05) is 0 Å². The van der Waals surface area contributed by atoms with E-state index in [-0.39, 0.29) is 0 Å². The molecule has 100 valence electrons. The van der Waals surface area contributed by atoms with Crippen LogP contribution < -0.4 is 0 Å². The van der Waals surface area contributed by atoms with Crippen molar-refractivity contribution in [2.24, 2.45) is 0 Å². The second-order valence-corrected chi connectivity index (χ2v) is 5.26. The number of aromatic carboxylic acids is 1. The molecule has 1 aromatic carbocycles. The number of carboxylic acid groups (broad SMARTS) is 1. The Morgan fingerprint density at radius 2 is 2.05 bits per heavy atom. The van der Waals surface area contributed by atoms with E-state index >= 15 is 0 Å². The maximum atomic E-state index is 11.1. The number of carboxylic acids is 1. The Labute approximate surface area is 120 Å². The van der Waals surface area contributed by atoms with E-state index in [2.05, 4.69) is 21.0 Å². The van der Waals surface area contributed by atoms with Crippen molar-refractivity contribution in [2.45, 2.75) is 26.3 Å². The number of benzene rings is 1. The molecule has 0 unspecified atom stereocenters. The SMILES string of the molecule is CCCc1c(C(=O)O)cnn1Cc1ccc(Br)cc1. The molecule has 4 nitrogen and oxygen atoms in total. The Bertz CT molecular complexity index is 576. The smallest absolute Gasteiger partial charge is 0.339 e. The van der Waals surface area contributed by atoms with Gasteiger partial charge in [-0.2, -0.15) is 5.10 Å². The van der Waals surface area contributed by atoms with Crippen molar-refractivity contribution in [1.29, 1.82) is 0 Å². The molecule has 0 saturated carbocycles. The Kier molecular flexibility index (Phi) is 4.37. The summed E-state index contributed by atoms with van der Waals surface area (Å²) in [6.45, 7) is 2.62. The summed E-state index contributed by atoms with van der Waals surface area (Å²) in [4.78, 5) is 11.1. The van der Waals surface area contributed by atoms with Crippen molar-refractivity contribution in [3.8, 4) is 0 Å². The molecular formula is C14H15BrN2O2. The summed E-state index contributed by atoms with van der Waals surface area (Å²) in [6, 6.07) is 7.94. The number of nitrogens with zero attached hydrogens (tertiary/aromatic N) is 2. The molecule has 0 amide bonds. The molecule has 0 spiro atoms. The first kappa shape index (κ1) is 13.8. The number of halogens is 1. The summed E-state index contributed by atoms with van der Waals surface area (Å²) >= 11 is 3.39. The maximum absolute atomic E-state index is 11.1. The van der Waals surface area contributed by atoms with E-state index in [0.29, 0.717) is 12.1 Å². The topological polar surface area (TPSA) is 55.1 Å². The van der Waals surface area contributed by atoms with E-state index in [0.717, 1.165) is 28.6 Å². The van der Waals surface area contributed by atoms with Crippen LogP contribution in [-0.4, -0.2) is 20.9 Å². The summed E-state index contributed by atoms with van der Waals surface area (Å²) in [7, 11) is 0. The lowest BCUT2D eigenvalue weighted by Crippen LogP contribution is -2.09. The minimum atomic E-state index is -0.912. The first-order chi connectivity index (χ1) is 9.11. The van der Waals surface area contributed by atoms with Crippen LogP contribution in [0, 0.1) is 0 Å². The minimum Gasteiger partial charge on any atom is -0.478 e. The molecule has 1 aromatic heterocycles. The van der Waals surface area contributed by atoms with Gasteiger partial charge in [-0.1, -0.05) is 41.4 Å². The number of hydrogen-bond acceptors (Lipinski definition) is 2. The number of rotatable bonds is 5. The second kappa shape index (κ2) is 6.02. The highest BCUT2D eigenvalue weighted by molar-refractivity contribution is 9.10. The number of carbonyl (C=O) groups is 1. The summed E-state index contributed by atoms with van der Waals surface area (Å²) in [6.07, 6.45) is 3.05. The maximum Gasteiger partial charge on any atom is 0.339 e. The van der Waals surface area contributed by atoms with Gasteiger partial charge in [0.1, 0.15) is 5.56 Å². The van der Waals surface area contributed by atoms with Crippen molar-refractivity contribution in [3.63, 3.8) is 0 Å². The average Bonchev–Trinajstić information content (AvgIpc) is 2.76. The van der Waals surface area contributed by atoms with Gasteiger partial charge >= 0.3 is 5.97 Å². The average molecular weight is 323 g/mol. The Hall–Kier alpha value is -1.62. The van der Waals surface area contributed by atoms with Crippen molar-refractivity contribution < 1.29 is 9.90 Å². The third-order valence-corrected chi connectivity index (χ3v) is 3.44. The molecule has 19 heavy (non-hydrogen) atoms. The lowest BCUT2D eigenvalue weighted by Gasteiger charge is -2.08. The van der Waals surface area contributed by atoms with Crippen LogP contribution in [0.4, 0.5) is 0 Å². The molecule has 0 aliphatic rings. The molecule has 0 saturated heterocycles. The van der Waals surface area contributed by atoms with E-state index in [4.69, 9.17) is 5.11 Å². The largest absolute Gasteiger partial charge is 0.478 e. The quantitative estimate of drug-likeness (QED) is 0.918. The zero-order valence-electron chi connectivity index (χ0n) is 10.6. The van der Waals surface area contributed by atoms with E-state index in [1.54, 1.807) is 4.68 Å². The Morgan fingerprint density at radius 1 is 1.37 bits per heavy atom. The van der Waals surface area contributed by atoms with Crippen LogP contribution in [0.3, 0.4) is 0 Å². The molecule has 0 radical (unpaired) electrons. The standard InChI is InChI=1S/C14H15BrN2O2/c1-2-3-13-12(14(18)19)8-16-17(13)9-10-4-6-11(15)7-5-10/h4-8H,2-3,9H2,1H3,(H,18,19). The molecule has 2 rings (SSSR count). The molecule has 1 N–H and O–H groups in total. The monoisotopic (exact) mass is 322 g/mol. The van der Waals surface area contributed by atoms with E-state index < -0.39 is 5.97 Å². The van der Waals surface area contributed by atoms with Crippen LogP contribution >= 0.6 is 15.9 Å². The van der Waals surface area contributed by atoms with Gasteiger partial charge in [-0.05, 0) is 24.1 Å². The minimum absolute atomic E-state index is 0.305. The molecule has 5 heteroatoms. The van der Waals surface area contributed by atoms with Gasteiger partial charge in [0.15, 0.2) is 0 Å². The van der Waals surface area contributed by atoms with Gasteiger partial charge in [-0.25, -0.2) is 4.79 Å². The molecule has 1 heterocycles. The summed E-state index contributed by atoms with van der Waals surface area (Å²) in [5.41, 5.74) is 2.19. The van der Waals surface area contributed by atoms with Crippen LogP contribution in [0.2, 0.25) is 0 Å². The Morgan fingerprint density at radius 3 is 2.63 bits per heavy atom. The van der Waals surface area contributed by atoms with Crippen molar-refractivity contribution in [3.05, 3.63) is 51.8 Å². The van der Waals surface area contributed by atoms with E-state index in [9.17, 15) is 4.79 Å². The van der Waals surface area contributed by atoms with Crippen LogP contribution in [0.5, 0.6) is 0 Å². The van der Waals surface area contributed by atoms with Gasteiger partial charge < -0.3 is 5.11 Å². The van der Waals surface area contributed by atoms with E-state index in [1.165, 1.54) is 6.20 Å². The molecule has 0 fully saturated rings. The van der Waals surface area contributed by atoms with Crippen LogP contribution in [0.1, 0.15) is 35.0 Å². The van der Waals surface area contributed by atoms with Crippen LogP contribution in [0.15, 0.2) is 34.9 Å². The fraction of sp³-hybridized carbons (Fsp3) is 0.286. The molecule has 0 aliphatic heterocycles. The lowest BCUT2D eigenvalue weighted by atomic mass is 10.1. The first-order valence-electron chi connectivity index (χ1n) is 6.14. The molecular weight excluding hydrogens is 308 g/mol. The fourth-order valence-corrected chi connectivity index (χ4v) is 2.25. The molecule has 0 aliphatic carbocycles. The Balaban J connectivity index is 2.29. The molecule has 0 atom stereocenters. The van der Waals surface area contributed by atoms with Crippen molar-refractivity contribution >= 4 is 21.9 Å². The fourth-order valence-electron chi connectivity index (χ4n) is 1.99. The summed E-state index contributed by atoms with van der Waals surface area (Å²) < 4.78 is 2.80. The predicted octanol–water partition coefficient (Wildman–Crippen LogP) is 3.34. The molecule has 0 bridgehead atoms. The first-order valence-corrected chi connectivity index (χ1v) is 6.93. The van der Waals surface area contributed by atoms with Crippen molar-refractivity contribution in [1.82, 2.24) is 9.78 Å². The third-order valence-electron chi connectivity index (χ3n) is 2.91. The van der Waals surface area contributed by atoms with Gasteiger partial charge in [-0.3, -0.25) is 4.68 Å².